The maximum Gasteiger partial charge on any atom is 0.240 e. The molecule has 0 saturated carbocycles. The van der Waals surface area contributed by atoms with E-state index in [0.717, 1.165) is 0 Å². The zero-order valence-corrected chi connectivity index (χ0v) is 11.8. The Balaban J connectivity index is 2.39. The first-order chi connectivity index (χ1) is 9.31. The first kappa shape index (κ1) is 13.9. The highest BCUT2D eigenvalue weighted by molar-refractivity contribution is 5.86. The number of carbonyl (C=O) groups excluding carboxylic acids is 1. The molecular weight excluding hydrogens is 254 g/mol. The first-order valence-electron chi connectivity index (χ1n) is 6.27. The van der Waals surface area contributed by atoms with Crippen LogP contribution in [0.5, 0.6) is 0 Å². The number of hydrogen-bond acceptors (Lipinski definition) is 4. The average Bonchev–Trinajstić information content (AvgIpc) is 2.63. The Labute approximate surface area is 117 Å². The Morgan fingerprint density at radius 2 is 2.20 bits per heavy atom. The van der Waals surface area contributed by atoms with Crippen molar-refractivity contribution in [3.8, 4) is 6.07 Å². The van der Waals surface area contributed by atoms with Gasteiger partial charge < -0.3 is 15.6 Å². The van der Waals surface area contributed by atoms with E-state index in [2.05, 4.69) is 16.4 Å². The molecule has 0 radical (unpaired) electrons. The van der Waals surface area contributed by atoms with Gasteiger partial charge in [-0.1, -0.05) is 6.07 Å². The van der Waals surface area contributed by atoms with E-state index >= 15 is 0 Å². The van der Waals surface area contributed by atoms with Crippen LogP contribution in [-0.4, -0.2) is 21.0 Å². The van der Waals surface area contributed by atoms with Gasteiger partial charge in [0, 0.05) is 5.54 Å². The second-order valence-corrected chi connectivity index (χ2v) is 5.64. The summed E-state index contributed by atoms with van der Waals surface area (Å²) in [6, 6.07) is 7.29. The molecule has 3 N–H and O–H groups in total. The predicted octanol–water partition coefficient (Wildman–Crippen LogP) is 1.40. The second-order valence-electron chi connectivity index (χ2n) is 5.64. The molecule has 1 aromatic carbocycles. The molecule has 104 valence electrons. The molecule has 0 aliphatic rings. The van der Waals surface area contributed by atoms with Crippen molar-refractivity contribution in [3.63, 3.8) is 0 Å². The highest BCUT2D eigenvalue weighted by Gasteiger charge is 2.17. The number of carbonyl (C=O) groups is 1. The van der Waals surface area contributed by atoms with Crippen molar-refractivity contribution in [2.45, 2.75) is 32.9 Å². The summed E-state index contributed by atoms with van der Waals surface area (Å²) in [4.78, 5) is 16.2. The average molecular weight is 271 g/mol. The zero-order chi connectivity index (χ0) is 14.9. The fraction of sp³-hybridized carbons (Fsp3) is 0.357. The summed E-state index contributed by atoms with van der Waals surface area (Å²) in [6.45, 7) is 5.81. The van der Waals surface area contributed by atoms with E-state index in [1.54, 1.807) is 22.8 Å². The number of fused-ring (bicyclic) bond motifs is 1. The van der Waals surface area contributed by atoms with E-state index in [1.807, 2.05) is 20.8 Å². The molecule has 0 unspecified atom stereocenters. The lowest BCUT2D eigenvalue weighted by atomic mass is 10.1. The van der Waals surface area contributed by atoms with Gasteiger partial charge >= 0.3 is 0 Å². The maximum absolute atomic E-state index is 12.0. The highest BCUT2D eigenvalue weighted by atomic mass is 16.2. The summed E-state index contributed by atoms with van der Waals surface area (Å²) >= 11 is 0. The standard InChI is InChI=1S/C14H17N5O/c1-14(2,3)18-11(20)8-19-10-6-4-5-9(7-15)12(10)17-13(19)16/h4-6H,8H2,1-3H3,(H2,16,17)(H,18,20). The van der Waals surface area contributed by atoms with E-state index in [0.29, 0.717) is 16.6 Å². The summed E-state index contributed by atoms with van der Waals surface area (Å²) in [6.07, 6.45) is 0. The molecule has 6 nitrogen and oxygen atoms in total. The Kier molecular flexibility index (Phi) is 3.36. The summed E-state index contributed by atoms with van der Waals surface area (Å²) < 4.78 is 1.61. The van der Waals surface area contributed by atoms with Gasteiger partial charge in [-0.3, -0.25) is 4.79 Å². The molecule has 0 saturated heterocycles. The van der Waals surface area contributed by atoms with Crippen molar-refractivity contribution in [2.75, 3.05) is 5.73 Å². The van der Waals surface area contributed by atoms with E-state index in [1.165, 1.54) is 0 Å². The van der Waals surface area contributed by atoms with Crippen LogP contribution in [0.25, 0.3) is 11.0 Å². The van der Waals surface area contributed by atoms with E-state index in [-0.39, 0.29) is 23.9 Å². The lowest BCUT2D eigenvalue weighted by molar-refractivity contribution is -0.122. The minimum Gasteiger partial charge on any atom is -0.369 e. The molecule has 2 aromatic rings. The van der Waals surface area contributed by atoms with Gasteiger partial charge in [-0.2, -0.15) is 5.26 Å². The van der Waals surface area contributed by atoms with Crippen molar-refractivity contribution in [1.29, 1.82) is 5.26 Å². The van der Waals surface area contributed by atoms with Crippen LogP contribution in [0.4, 0.5) is 5.95 Å². The fourth-order valence-electron chi connectivity index (χ4n) is 2.02. The number of amides is 1. The number of nitriles is 1. The van der Waals surface area contributed by atoms with Crippen LogP contribution < -0.4 is 11.1 Å². The Bertz CT molecular complexity index is 703. The number of imidazole rings is 1. The third kappa shape index (κ3) is 2.72. The van der Waals surface area contributed by atoms with Gasteiger partial charge in [-0.15, -0.1) is 0 Å². The number of rotatable bonds is 2. The summed E-state index contributed by atoms with van der Waals surface area (Å²) in [5, 5.41) is 11.9. The smallest absolute Gasteiger partial charge is 0.240 e. The molecule has 0 aliphatic carbocycles. The highest BCUT2D eigenvalue weighted by Crippen LogP contribution is 2.20. The minimum atomic E-state index is -0.306. The number of para-hydroxylation sites is 1. The van der Waals surface area contributed by atoms with Crippen LogP contribution in [-0.2, 0) is 11.3 Å². The molecule has 0 fully saturated rings. The SMILES string of the molecule is CC(C)(C)NC(=O)Cn1c(N)nc2c(C#N)cccc21. The molecule has 1 aromatic heterocycles. The first-order valence-corrected chi connectivity index (χ1v) is 6.27. The molecule has 0 atom stereocenters. The van der Waals surface area contributed by atoms with Gasteiger partial charge in [-0.25, -0.2) is 4.98 Å². The van der Waals surface area contributed by atoms with Crippen LogP contribution in [0, 0.1) is 11.3 Å². The van der Waals surface area contributed by atoms with Crippen molar-refractivity contribution in [3.05, 3.63) is 23.8 Å². The van der Waals surface area contributed by atoms with Gasteiger partial charge in [-0.05, 0) is 32.9 Å². The Hall–Kier alpha value is -2.55. The third-order valence-electron chi connectivity index (χ3n) is 2.75. The van der Waals surface area contributed by atoms with Crippen LogP contribution >= 0.6 is 0 Å². The molecule has 2 rings (SSSR count). The number of nitrogen functional groups attached to an aromatic ring is 1. The quantitative estimate of drug-likeness (QED) is 0.862. The van der Waals surface area contributed by atoms with E-state index < -0.39 is 0 Å². The van der Waals surface area contributed by atoms with Gasteiger partial charge in [0.05, 0.1) is 11.1 Å². The monoisotopic (exact) mass is 271 g/mol. The lowest BCUT2D eigenvalue weighted by Gasteiger charge is -2.20. The van der Waals surface area contributed by atoms with Crippen molar-refractivity contribution in [2.24, 2.45) is 0 Å². The summed E-state index contributed by atoms with van der Waals surface area (Å²) in [7, 11) is 0. The lowest BCUT2D eigenvalue weighted by Crippen LogP contribution is -2.42. The third-order valence-corrected chi connectivity index (χ3v) is 2.75. The largest absolute Gasteiger partial charge is 0.369 e. The molecule has 20 heavy (non-hydrogen) atoms. The number of aromatic nitrogens is 2. The molecular formula is C14H17N5O. The van der Waals surface area contributed by atoms with Crippen molar-refractivity contribution < 1.29 is 4.79 Å². The van der Waals surface area contributed by atoms with E-state index in [9.17, 15) is 4.79 Å². The molecule has 0 bridgehead atoms. The molecule has 6 heteroatoms. The van der Waals surface area contributed by atoms with Crippen LogP contribution in [0.3, 0.4) is 0 Å². The predicted molar refractivity (Wildman–Crippen MR) is 76.8 cm³/mol. The summed E-state index contributed by atoms with van der Waals surface area (Å²) in [5.74, 6) is 0.0811. The number of benzene rings is 1. The van der Waals surface area contributed by atoms with Crippen molar-refractivity contribution >= 4 is 22.9 Å². The normalized spacial score (nSPS) is 11.3. The van der Waals surface area contributed by atoms with Gasteiger partial charge in [0.2, 0.25) is 11.9 Å². The second kappa shape index (κ2) is 4.85. The number of hydrogen-bond donors (Lipinski definition) is 2. The topological polar surface area (TPSA) is 96.7 Å². The van der Waals surface area contributed by atoms with Crippen LogP contribution in [0.1, 0.15) is 26.3 Å². The molecule has 1 heterocycles. The van der Waals surface area contributed by atoms with Crippen LogP contribution in [0.2, 0.25) is 0 Å². The minimum absolute atomic E-state index is 0.0779. The maximum atomic E-state index is 12.0. The number of nitrogens with two attached hydrogens (primary N) is 1. The van der Waals surface area contributed by atoms with Gasteiger partial charge in [0.25, 0.3) is 0 Å². The Morgan fingerprint density at radius 3 is 2.80 bits per heavy atom. The van der Waals surface area contributed by atoms with Crippen molar-refractivity contribution in [1.82, 2.24) is 14.9 Å². The molecule has 1 amide bonds. The van der Waals surface area contributed by atoms with E-state index in [4.69, 9.17) is 11.0 Å². The van der Waals surface area contributed by atoms with Crippen LogP contribution in [0.15, 0.2) is 18.2 Å². The number of anilines is 1. The van der Waals surface area contributed by atoms with Gasteiger partial charge in [0.1, 0.15) is 18.1 Å². The fourth-order valence-corrected chi connectivity index (χ4v) is 2.02. The number of nitrogens with one attached hydrogen (secondary N) is 1. The molecule has 0 spiro atoms. The van der Waals surface area contributed by atoms with Gasteiger partial charge in [0.15, 0.2) is 0 Å². The summed E-state index contributed by atoms with van der Waals surface area (Å²) in [5.41, 5.74) is 7.20. The number of nitrogens with zero attached hydrogens (tertiary/aromatic N) is 3. The molecule has 0 aliphatic heterocycles. The Morgan fingerprint density at radius 1 is 1.50 bits per heavy atom. The zero-order valence-electron chi connectivity index (χ0n) is 11.8.